The minimum Gasteiger partial charge on any atom is -0.317 e. The molecule has 59 heavy (non-hydrogen) atoms. The minimum absolute atomic E-state index is 0.00351. The molecule has 0 unspecified atom stereocenters. The predicted molar refractivity (Wildman–Crippen MR) is 249 cm³/mol. The number of hydrogen-bond acceptors (Lipinski definition) is 2. The Balaban J connectivity index is 1.16. The quantitative estimate of drug-likeness (QED) is 0.157. The third-order valence-electron chi connectivity index (χ3n) is 12.7. The van der Waals surface area contributed by atoms with E-state index < -0.39 is 0 Å². The van der Waals surface area contributed by atoms with Crippen LogP contribution in [0.3, 0.4) is 0 Å². The highest BCUT2D eigenvalue weighted by Gasteiger charge is 2.42. The third kappa shape index (κ3) is 4.50. The summed E-state index contributed by atoms with van der Waals surface area (Å²) in [5.41, 5.74) is 16.0. The Bertz CT molecular complexity index is 3370. The van der Waals surface area contributed by atoms with Gasteiger partial charge in [0.05, 0.1) is 28.1 Å². The van der Waals surface area contributed by atoms with Crippen LogP contribution in [0, 0.1) is 0 Å². The van der Waals surface area contributed by atoms with E-state index in [1.54, 1.807) is 0 Å². The van der Waals surface area contributed by atoms with Gasteiger partial charge in [0.1, 0.15) is 0 Å². The van der Waals surface area contributed by atoms with E-state index in [1.165, 1.54) is 76.8 Å². The van der Waals surface area contributed by atoms with Crippen molar-refractivity contribution in [2.75, 3.05) is 9.80 Å². The summed E-state index contributed by atoms with van der Waals surface area (Å²) in [4.78, 5) is 4.86. The zero-order valence-electron chi connectivity index (χ0n) is 32.1. The maximum absolute atomic E-state index is 2.49. The van der Waals surface area contributed by atoms with Crippen molar-refractivity contribution in [2.24, 2.45) is 0 Å². The van der Waals surface area contributed by atoms with Gasteiger partial charge in [-0.25, -0.2) is 0 Å². The van der Waals surface area contributed by atoms with Gasteiger partial charge in [-0.3, -0.25) is 0 Å². The Kier molecular flexibility index (Phi) is 6.78. The van der Waals surface area contributed by atoms with E-state index in [0.29, 0.717) is 0 Å². The van der Waals surface area contributed by atoms with Gasteiger partial charge in [-0.1, -0.05) is 127 Å². The van der Waals surface area contributed by atoms with Gasteiger partial charge in [0, 0.05) is 62.4 Å². The predicted octanol–water partition coefficient (Wildman–Crippen LogP) is 12.0. The molecule has 0 spiro atoms. The Morgan fingerprint density at radius 2 is 0.898 bits per heavy atom. The summed E-state index contributed by atoms with van der Waals surface area (Å²) < 4.78 is 4.98. The zero-order valence-corrected chi connectivity index (χ0v) is 32.1. The van der Waals surface area contributed by atoms with Crippen LogP contribution in [0.15, 0.2) is 213 Å². The van der Waals surface area contributed by atoms with Gasteiger partial charge in [0.15, 0.2) is 0 Å². The molecule has 2 aliphatic heterocycles. The van der Waals surface area contributed by atoms with Gasteiger partial charge in [0.25, 0.3) is 6.71 Å². The van der Waals surface area contributed by atoms with E-state index in [9.17, 15) is 0 Å². The van der Waals surface area contributed by atoms with E-state index in [2.05, 4.69) is 232 Å². The lowest BCUT2D eigenvalue weighted by molar-refractivity contribution is 1.11. The molecule has 4 heterocycles. The van der Waals surface area contributed by atoms with Crippen molar-refractivity contribution >= 4 is 101 Å². The van der Waals surface area contributed by atoms with E-state index in [0.717, 1.165) is 28.4 Å². The first-order valence-corrected chi connectivity index (χ1v) is 20.4. The molecule has 0 radical (unpaired) electrons. The van der Waals surface area contributed by atoms with Crippen molar-refractivity contribution in [3.8, 4) is 11.4 Å². The fraction of sp³-hybridized carbons (Fsp3) is 0. The molecule has 2 aliphatic rings. The fourth-order valence-corrected chi connectivity index (χ4v) is 10.4. The number of fused-ring (bicyclic) bond motifs is 8. The first kappa shape index (κ1) is 32.3. The summed E-state index contributed by atoms with van der Waals surface area (Å²) in [5, 5.41) is 7.47. The molecule has 0 aliphatic carbocycles. The van der Waals surface area contributed by atoms with Gasteiger partial charge in [-0.05, 0) is 100.0 Å². The molecule has 0 fully saturated rings. The van der Waals surface area contributed by atoms with Crippen molar-refractivity contribution in [2.45, 2.75) is 0 Å². The second-order valence-electron chi connectivity index (χ2n) is 15.7. The van der Waals surface area contributed by atoms with Gasteiger partial charge in [-0.2, -0.15) is 0 Å². The fourth-order valence-electron chi connectivity index (χ4n) is 10.4. The second-order valence-corrected chi connectivity index (χ2v) is 15.7. The van der Waals surface area contributed by atoms with E-state index in [4.69, 9.17) is 0 Å². The molecule has 274 valence electrons. The van der Waals surface area contributed by atoms with Crippen molar-refractivity contribution in [3.05, 3.63) is 213 Å². The van der Waals surface area contributed by atoms with Crippen molar-refractivity contribution in [1.82, 2.24) is 9.13 Å². The molecule has 0 saturated carbocycles. The Hall–Kier alpha value is -7.76. The number of hydrogen-bond donors (Lipinski definition) is 0. The lowest BCUT2D eigenvalue weighted by atomic mass is 9.33. The highest BCUT2D eigenvalue weighted by molar-refractivity contribution is 7.01. The zero-order chi connectivity index (χ0) is 38.6. The third-order valence-corrected chi connectivity index (χ3v) is 12.7. The maximum atomic E-state index is 2.49. The van der Waals surface area contributed by atoms with Crippen LogP contribution in [-0.2, 0) is 0 Å². The highest BCUT2D eigenvalue weighted by atomic mass is 15.2. The summed E-state index contributed by atoms with van der Waals surface area (Å²) in [7, 11) is 0. The monoisotopic (exact) mass is 750 g/mol. The normalized spacial score (nSPS) is 12.4. The molecule has 2 aromatic heterocycles. The van der Waals surface area contributed by atoms with Crippen LogP contribution >= 0.6 is 0 Å². The SMILES string of the molecule is c1ccc(N(c2ccccc2)c2ccc3c4c2ccn4-c2c4c(cc5ccccc25)-n2ccc5c(N(c6ccccc6)c6ccccc6)c6ccccc6c(c52)B43)cc1. The van der Waals surface area contributed by atoms with Crippen LogP contribution < -0.4 is 26.2 Å². The molecule has 0 saturated heterocycles. The van der Waals surface area contributed by atoms with Gasteiger partial charge in [-0.15, -0.1) is 0 Å². The lowest BCUT2D eigenvalue weighted by Crippen LogP contribution is -2.59. The van der Waals surface area contributed by atoms with Gasteiger partial charge < -0.3 is 18.9 Å². The molecule has 5 heteroatoms. The van der Waals surface area contributed by atoms with Crippen LogP contribution in [-0.4, -0.2) is 15.8 Å². The van der Waals surface area contributed by atoms with Crippen molar-refractivity contribution < 1.29 is 0 Å². The van der Waals surface area contributed by atoms with Crippen LogP contribution in [0.25, 0.3) is 54.7 Å². The van der Waals surface area contributed by atoms with Crippen molar-refractivity contribution in [3.63, 3.8) is 0 Å². The van der Waals surface area contributed by atoms with E-state index in [1.807, 2.05) is 0 Å². The van der Waals surface area contributed by atoms with E-state index >= 15 is 0 Å². The molecule has 13 rings (SSSR count). The minimum atomic E-state index is -0.00351. The van der Waals surface area contributed by atoms with Crippen LogP contribution in [0.5, 0.6) is 0 Å². The Morgan fingerprint density at radius 3 is 1.54 bits per heavy atom. The van der Waals surface area contributed by atoms with Gasteiger partial charge >= 0.3 is 0 Å². The molecule has 0 amide bonds. The summed E-state index contributed by atoms with van der Waals surface area (Å²) in [6, 6.07) is 73.1. The van der Waals surface area contributed by atoms with Crippen molar-refractivity contribution in [1.29, 1.82) is 0 Å². The average molecular weight is 751 g/mol. The lowest BCUT2D eigenvalue weighted by Gasteiger charge is -2.36. The summed E-state index contributed by atoms with van der Waals surface area (Å²) in [6.07, 6.45) is 4.62. The molecule has 9 aromatic carbocycles. The number of benzene rings is 9. The molecule has 4 nitrogen and oxygen atoms in total. The largest absolute Gasteiger partial charge is 0.317 e. The number of para-hydroxylation sites is 4. The average Bonchev–Trinajstić information content (AvgIpc) is 3.95. The molecule has 0 atom stereocenters. The molecule has 0 N–H and O–H groups in total. The molecular formula is C54H35BN4. The van der Waals surface area contributed by atoms with E-state index in [-0.39, 0.29) is 6.71 Å². The molecule has 11 aromatic rings. The standard InChI is InChI=1S/C54H35BN4/c1-5-18-37(19-6-1)58(38-20-7-2-8-21-38)47-30-29-46-52-44(47)31-34-57(52)53-41-26-14-13-17-36(41)35-48-50(53)55(46)49-42-27-15-16-28-43(42)51(45-32-33-56(48)54(45)49)59(39-22-9-3-10-23-39)40-24-11-4-12-25-40/h1-35H. The van der Waals surface area contributed by atoms with Gasteiger partial charge in [0.2, 0.25) is 0 Å². The number of nitrogens with zero attached hydrogens (tertiary/aromatic N) is 4. The second kappa shape index (κ2) is 12.4. The summed E-state index contributed by atoms with van der Waals surface area (Å²) in [6.45, 7) is -0.00351. The Labute approximate surface area is 342 Å². The number of anilines is 6. The Morgan fingerprint density at radius 1 is 0.373 bits per heavy atom. The summed E-state index contributed by atoms with van der Waals surface area (Å²) in [5.74, 6) is 0. The highest BCUT2D eigenvalue weighted by Crippen LogP contribution is 2.47. The molecule has 0 bridgehead atoms. The first-order chi connectivity index (χ1) is 29.3. The first-order valence-electron chi connectivity index (χ1n) is 20.4. The smallest absolute Gasteiger partial charge is 0.253 e. The topological polar surface area (TPSA) is 16.3 Å². The van der Waals surface area contributed by atoms with Crippen LogP contribution in [0.2, 0.25) is 0 Å². The molecular weight excluding hydrogens is 715 g/mol. The van der Waals surface area contributed by atoms with Crippen LogP contribution in [0.1, 0.15) is 0 Å². The number of rotatable bonds is 6. The summed E-state index contributed by atoms with van der Waals surface area (Å²) >= 11 is 0. The van der Waals surface area contributed by atoms with Crippen LogP contribution in [0.4, 0.5) is 34.1 Å². The maximum Gasteiger partial charge on any atom is 0.253 e. The number of aromatic nitrogens is 2.